The molecule has 0 aliphatic carbocycles. The number of alkyl halides is 2. The molecule has 7 nitrogen and oxygen atoms in total. The van der Waals surface area contributed by atoms with Crippen molar-refractivity contribution in [3.05, 3.63) is 23.8 Å². The van der Waals surface area contributed by atoms with Crippen LogP contribution in [0, 0.1) is 5.92 Å². The zero-order valence-corrected chi connectivity index (χ0v) is 21.4. The fraction of sp³-hybridized carbons (Fsp3) is 0.636. The van der Waals surface area contributed by atoms with Crippen molar-refractivity contribution in [2.24, 2.45) is 10.9 Å². The second-order valence-electron chi connectivity index (χ2n) is 7.69. The van der Waals surface area contributed by atoms with Crippen LogP contribution in [-0.2, 0) is 11.3 Å². The predicted octanol–water partition coefficient (Wildman–Crippen LogP) is 4.01. The summed E-state index contributed by atoms with van der Waals surface area (Å²) >= 11 is 0. The number of likely N-dealkylation sites (tertiary alicyclic amines) is 1. The summed E-state index contributed by atoms with van der Waals surface area (Å²) in [5.74, 6) is 1.69. The normalized spacial score (nSPS) is 16.4. The molecule has 1 aliphatic rings. The van der Waals surface area contributed by atoms with E-state index in [2.05, 4.69) is 27.3 Å². The molecule has 1 unspecified atom stereocenters. The van der Waals surface area contributed by atoms with Crippen molar-refractivity contribution in [2.75, 3.05) is 33.3 Å². The largest absolute Gasteiger partial charge is 0.493 e. The molecule has 1 amide bonds. The Morgan fingerprint density at radius 1 is 1.34 bits per heavy atom. The van der Waals surface area contributed by atoms with Gasteiger partial charge in [0.25, 0.3) is 0 Å². The first-order valence-corrected chi connectivity index (χ1v) is 10.9. The number of nitrogens with one attached hydrogen (secondary N) is 2. The van der Waals surface area contributed by atoms with Gasteiger partial charge in [-0.25, -0.2) is 0 Å². The molecule has 1 atom stereocenters. The Balaban J connectivity index is 0.00000512. The highest BCUT2D eigenvalue weighted by Gasteiger charge is 2.20. The third kappa shape index (κ3) is 9.74. The molecule has 1 heterocycles. The van der Waals surface area contributed by atoms with Crippen molar-refractivity contribution >= 4 is 35.8 Å². The van der Waals surface area contributed by atoms with E-state index in [1.54, 1.807) is 19.2 Å². The summed E-state index contributed by atoms with van der Waals surface area (Å²) in [6, 6.07) is 4.87. The summed E-state index contributed by atoms with van der Waals surface area (Å²) in [6.45, 7) is 4.00. The van der Waals surface area contributed by atoms with Crippen molar-refractivity contribution < 1.29 is 23.0 Å². The average molecular weight is 568 g/mol. The van der Waals surface area contributed by atoms with Crippen LogP contribution in [0.1, 0.15) is 45.1 Å². The number of amides is 1. The van der Waals surface area contributed by atoms with E-state index in [9.17, 15) is 13.6 Å². The molecule has 0 bridgehead atoms. The summed E-state index contributed by atoms with van der Waals surface area (Å²) < 4.78 is 35.8. The second-order valence-corrected chi connectivity index (χ2v) is 7.69. The summed E-state index contributed by atoms with van der Waals surface area (Å²) in [5, 5.41) is 6.17. The van der Waals surface area contributed by atoms with E-state index in [1.165, 1.54) is 12.5 Å². The van der Waals surface area contributed by atoms with E-state index in [0.29, 0.717) is 42.8 Å². The van der Waals surface area contributed by atoms with Gasteiger partial charge >= 0.3 is 6.61 Å². The molecule has 2 N–H and O–H groups in total. The first-order valence-electron chi connectivity index (χ1n) is 10.9. The van der Waals surface area contributed by atoms with Crippen molar-refractivity contribution in [1.82, 2.24) is 15.5 Å². The highest BCUT2D eigenvalue weighted by Crippen LogP contribution is 2.26. The van der Waals surface area contributed by atoms with Crippen molar-refractivity contribution in [3.63, 3.8) is 0 Å². The number of guanidine groups is 1. The molecular formula is C22H35F2IN4O3. The van der Waals surface area contributed by atoms with Crippen molar-refractivity contribution in [2.45, 2.75) is 52.7 Å². The van der Waals surface area contributed by atoms with Gasteiger partial charge in [-0.1, -0.05) is 13.8 Å². The van der Waals surface area contributed by atoms with Gasteiger partial charge in [0.2, 0.25) is 5.91 Å². The monoisotopic (exact) mass is 568 g/mol. The van der Waals surface area contributed by atoms with E-state index in [-0.39, 0.29) is 42.2 Å². The number of ether oxygens (including phenoxy) is 2. The maximum atomic E-state index is 12.8. The SMILES string of the molecule is CCCOc1ccc(CNC(=NC)NCCC(=O)N2CCCC(C)C2)c(OC(F)F)c1.I. The summed E-state index contributed by atoms with van der Waals surface area (Å²) in [6.07, 6.45) is 3.41. The lowest BCUT2D eigenvalue weighted by Gasteiger charge is -2.31. The van der Waals surface area contributed by atoms with Crippen LogP contribution in [0.5, 0.6) is 11.5 Å². The summed E-state index contributed by atoms with van der Waals surface area (Å²) in [4.78, 5) is 18.4. The maximum Gasteiger partial charge on any atom is 0.387 e. The molecule has 0 spiro atoms. The molecule has 0 aromatic heterocycles. The Morgan fingerprint density at radius 2 is 2.12 bits per heavy atom. The number of aliphatic imine (C=N–C) groups is 1. The van der Waals surface area contributed by atoms with Crippen molar-refractivity contribution in [3.8, 4) is 11.5 Å². The molecule has 32 heavy (non-hydrogen) atoms. The predicted molar refractivity (Wildman–Crippen MR) is 132 cm³/mol. The number of rotatable bonds is 10. The number of piperidine rings is 1. The molecule has 0 saturated carbocycles. The van der Waals surface area contributed by atoms with E-state index in [0.717, 1.165) is 25.9 Å². The maximum absolute atomic E-state index is 12.8. The van der Waals surface area contributed by atoms with Crippen LogP contribution in [-0.4, -0.2) is 56.7 Å². The van der Waals surface area contributed by atoms with Crippen LogP contribution >= 0.6 is 24.0 Å². The van der Waals surface area contributed by atoms with E-state index >= 15 is 0 Å². The van der Waals surface area contributed by atoms with Crippen LogP contribution in [0.25, 0.3) is 0 Å². The molecule has 182 valence electrons. The Hall–Kier alpha value is -1.85. The first kappa shape index (κ1) is 28.2. The van der Waals surface area contributed by atoms with E-state index < -0.39 is 6.61 Å². The molecule has 1 aliphatic heterocycles. The number of carbonyl (C=O) groups excluding carboxylic acids is 1. The van der Waals surface area contributed by atoms with Gasteiger partial charge in [0, 0.05) is 51.3 Å². The fourth-order valence-corrected chi connectivity index (χ4v) is 3.46. The second kappa shape index (κ2) is 15.1. The number of hydrogen-bond acceptors (Lipinski definition) is 4. The van der Waals surface area contributed by atoms with Gasteiger partial charge in [0.15, 0.2) is 5.96 Å². The Kier molecular flexibility index (Phi) is 13.3. The third-order valence-corrected chi connectivity index (χ3v) is 5.04. The van der Waals surface area contributed by atoms with Gasteiger partial charge in [-0.15, -0.1) is 24.0 Å². The standard InChI is InChI=1S/C22H34F2N4O3.HI/c1-4-12-30-18-8-7-17(19(13-18)31-21(23)24)14-27-22(25-3)26-10-9-20(29)28-11-5-6-16(2)15-28;/h7-8,13,16,21H,4-6,9-12,14-15H2,1-3H3,(H2,25,26,27);1H. The number of halogens is 3. The van der Waals surface area contributed by atoms with Gasteiger partial charge < -0.3 is 25.0 Å². The highest BCUT2D eigenvalue weighted by molar-refractivity contribution is 14.0. The minimum atomic E-state index is -2.93. The molecule has 1 saturated heterocycles. The Labute approximate surface area is 206 Å². The van der Waals surface area contributed by atoms with Crippen LogP contribution in [0.2, 0.25) is 0 Å². The number of hydrogen-bond donors (Lipinski definition) is 2. The minimum Gasteiger partial charge on any atom is -0.493 e. The summed E-state index contributed by atoms with van der Waals surface area (Å²) in [5.41, 5.74) is 0.547. The van der Waals surface area contributed by atoms with Gasteiger partial charge in [-0.05, 0) is 37.3 Å². The zero-order valence-electron chi connectivity index (χ0n) is 19.0. The minimum absolute atomic E-state index is 0. The van der Waals surface area contributed by atoms with Gasteiger partial charge in [0.1, 0.15) is 11.5 Å². The lowest BCUT2D eigenvalue weighted by Crippen LogP contribution is -2.42. The molecule has 1 aromatic carbocycles. The topological polar surface area (TPSA) is 75.2 Å². The molecule has 0 radical (unpaired) electrons. The quantitative estimate of drug-likeness (QED) is 0.254. The highest BCUT2D eigenvalue weighted by atomic mass is 127. The van der Waals surface area contributed by atoms with Gasteiger partial charge in [0.05, 0.1) is 6.61 Å². The molecular weight excluding hydrogens is 533 g/mol. The van der Waals surface area contributed by atoms with Gasteiger partial charge in [-0.2, -0.15) is 8.78 Å². The number of nitrogens with zero attached hydrogens (tertiary/aromatic N) is 2. The van der Waals surface area contributed by atoms with Crippen molar-refractivity contribution in [1.29, 1.82) is 0 Å². The Morgan fingerprint density at radius 3 is 2.78 bits per heavy atom. The average Bonchev–Trinajstić information content (AvgIpc) is 2.75. The third-order valence-electron chi connectivity index (χ3n) is 5.04. The lowest BCUT2D eigenvalue weighted by molar-refractivity contribution is -0.132. The molecule has 1 fully saturated rings. The van der Waals surface area contributed by atoms with E-state index in [4.69, 9.17) is 4.74 Å². The number of carbonyl (C=O) groups is 1. The van der Waals surface area contributed by atoms with E-state index in [1.807, 2.05) is 11.8 Å². The Bertz CT molecular complexity index is 737. The molecule has 10 heteroatoms. The fourth-order valence-electron chi connectivity index (χ4n) is 3.46. The summed E-state index contributed by atoms with van der Waals surface area (Å²) in [7, 11) is 1.61. The van der Waals surface area contributed by atoms with Crippen LogP contribution in [0.3, 0.4) is 0 Å². The smallest absolute Gasteiger partial charge is 0.387 e. The van der Waals surface area contributed by atoms with Crippen LogP contribution in [0.4, 0.5) is 8.78 Å². The lowest BCUT2D eigenvalue weighted by atomic mass is 10.00. The van der Waals surface area contributed by atoms with Crippen LogP contribution in [0.15, 0.2) is 23.2 Å². The van der Waals surface area contributed by atoms with Crippen LogP contribution < -0.4 is 20.1 Å². The molecule has 2 rings (SSSR count). The van der Waals surface area contributed by atoms with Gasteiger partial charge in [-0.3, -0.25) is 9.79 Å². The first-order chi connectivity index (χ1) is 14.9. The number of benzene rings is 1. The molecule has 1 aromatic rings. The zero-order chi connectivity index (χ0) is 22.6.